The molecule has 2 aliphatic rings. The maximum absolute atomic E-state index is 12.7. The van der Waals surface area contributed by atoms with Crippen LogP contribution in [0.2, 0.25) is 0 Å². The van der Waals surface area contributed by atoms with Gasteiger partial charge in [0.05, 0.1) is 11.9 Å². The molecule has 130 valence electrons. The van der Waals surface area contributed by atoms with E-state index in [-0.39, 0.29) is 5.56 Å². The van der Waals surface area contributed by atoms with Gasteiger partial charge in [-0.1, -0.05) is 0 Å². The van der Waals surface area contributed by atoms with Crippen molar-refractivity contribution in [3.63, 3.8) is 0 Å². The number of rotatable bonds is 2. The number of H-pyrrole nitrogens is 1. The van der Waals surface area contributed by atoms with E-state index in [9.17, 15) is 4.79 Å². The van der Waals surface area contributed by atoms with E-state index in [1.807, 2.05) is 11.3 Å². The zero-order valence-electron chi connectivity index (χ0n) is 14.4. The molecule has 0 saturated carbocycles. The zero-order chi connectivity index (χ0) is 17.0. The summed E-state index contributed by atoms with van der Waals surface area (Å²) in [4.78, 5) is 26.0. The van der Waals surface area contributed by atoms with Gasteiger partial charge in [0.1, 0.15) is 17.4 Å². The van der Waals surface area contributed by atoms with Crippen LogP contribution in [-0.4, -0.2) is 16.5 Å². The fourth-order valence-corrected chi connectivity index (χ4v) is 6.66. The highest BCUT2D eigenvalue weighted by molar-refractivity contribution is 7.18. The van der Waals surface area contributed by atoms with Crippen LogP contribution >= 0.6 is 22.7 Å². The molecule has 1 unspecified atom stereocenters. The maximum atomic E-state index is 12.7. The number of fused-ring (bicyclic) bond motifs is 4. The lowest BCUT2D eigenvalue weighted by molar-refractivity contribution is -0.945. The van der Waals surface area contributed by atoms with Gasteiger partial charge in [0.2, 0.25) is 0 Å². The summed E-state index contributed by atoms with van der Waals surface area (Å²) in [5.74, 6) is 0.844. The average Bonchev–Trinajstić information content (AvgIpc) is 3.21. The van der Waals surface area contributed by atoms with Crippen LogP contribution in [0.5, 0.6) is 0 Å². The molecule has 2 atom stereocenters. The van der Waals surface area contributed by atoms with E-state index in [1.54, 1.807) is 11.3 Å². The molecule has 0 spiro atoms. The van der Waals surface area contributed by atoms with Gasteiger partial charge in [0.15, 0.2) is 5.82 Å². The van der Waals surface area contributed by atoms with Gasteiger partial charge in [0.25, 0.3) is 5.56 Å². The molecule has 0 aromatic carbocycles. The minimum absolute atomic E-state index is 0.0692. The fraction of sp³-hybridized carbons (Fsp3) is 0.474. The summed E-state index contributed by atoms with van der Waals surface area (Å²) in [5, 5.41) is 3.07. The summed E-state index contributed by atoms with van der Waals surface area (Å²) >= 11 is 3.61. The molecule has 6 heteroatoms. The van der Waals surface area contributed by atoms with Gasteiger partial charge < -0.3 is 9.88 Å². The molecule has 0 radical (unpaired) electrons. The molecule has 1 aliphatic heterocycles. The molecule has 0 bridgehead atoms. The number of nitrogens with zero attached hydrogens (tertiary/aromatic N) is 1. The zero-order valence-corrected chi connectivity index (χ0v) is 16.0. The number of aryl methyl sites for hydroxylation is 2. The molecule has 1 aliphatic carbocycles. The lowest BCUT2D eigenvalue weighted by Gasteiger charge is -2.30. The molecule has 4 heterocycles. The second-order valence-corrected chi connectivity index (χ2v) is 9.34. The van der Waals surface area contributed by atoms with Crippen LogP contribution in [0.15, 0.2) is 16.2 Å². The quantitative estimate of drug-likeness (QED) is 0.727. The van der Waals surface area contributed by atoms with E-state index in [0.29, 0.717) is 6.04 Å². The summed E-state index contributed by atoms with van der Waals surface area (Å²) in [6, 6.07) is 2.73. The molecule has 0 saturated heterocycles. The molecule has 2 N–H and O–H groups in total. The van der Waals surface area contributed by atoms with E-state index < -0.39 is 0 Å². The predicted octanol–water partition coefficient (Wildman–Crippen LogP) is 2.63. The molecule has 4 nitrogen and oxygen atoms in total. The van der Waals surface area contributed by atoms with E-state index in [4.69, 9.17) is 4.98 Å². The Morgan fingerprint density at radius 1 is 1.28 bits per heavy atom. The van der Waals surface area contributed by atoms with Crippen molar-refractivity contribution in [3.8, 4) is 0 Å². The second-order valence-electron chi connectivity index (χ2n) is 7.26. The van der Waals surface area contributed by atoms with Gasteiger partial charge in [-0.3, -0.25) is 4.79 Å². The minimum Gasteiger partial charge on any atom is -0.322 e. The first-order chi connectivity index (χ1) is 12.2. The minimum atomic E-state index is 0.0692. The van der Waals surface area contributed by atoms with Crippen molar-refractivity contribution in [3.05, 3.63) is 48.5 Å². The number of hydrogen-bond donors (Lipinski definition) is 2. The molecule has 0 fully saturated rings. The van der Waals surface area contributed by atoms with Crippen LogP contribution in [0.3, 0.4) is 0 Å². The van der Waals surface area contributed by atoms with Gasteiger partial charge in [-0.25, -0.2) is 4.98 Å². The molecular formula is C19H22N3OS2+. The van der Waals surface area contributed by atoms with E-state index in [0.717, 1.165) is 48.4 Å². The van der Waals surface area contributed by atoms with Crippen LogP contribution < -0.4 is 10.5 Å². The third-order valence-corrected chi connectivity index (χ3v) is 7.98. The Balaban J connectivity index is 1.49. The molecule has 5 rings (SSSR count). The van der Waals surface area contributed by atoms with Crippen molar-refractivity contribution in [2.24, 2.45) is 0 Å². The number of hydrogen-bond acceptors (Lipinski definition) is 4. The van der Waals surface area contributed by atoms with Crippen molar-refractivity contribution in [1.29, 1.82) is 0 Å². The molecule has 25 heavy (non-hydrogen) atoms. The average molecular weight is 373 g/mol. The number of quaternary nitrogens is 1. The Labute approximate surface area is 154 Å². The smallest absolute Gasteiger partial charge is 0.260 e. The normalized spacial score (nSPS) is 22.8. The molecule has 3 aromatic heterocycles. The Hall–Kier alpha value is -1.50. The molecule has 3 aromatic rings. The topological polar surface area (TPSA) is 50.2 Å². The van der Waals surface area contributed by atoms with Crippen LogP contribution in [0, 0.1) is 0 Å². The third kappa shape index (κ3) is 2.58. The lowest BCUT2D eigenvalue weighted by atomic mass is 9.97. The molecular weight excluding hydrogens is 350 g/mol. The van der Waals surface area contributed by atoms with Crippen LogP contribution in [-0.2, 0) is 25.8 Å². The first kappa shape index (κ1) is 15.7. The fourth-order valence-electron chi connectivity index (χ4n) is 4.40. The highest BCUT2D eigenvalue weighted by atomic mass is 32.1. The number of nitrogens with one attached hydrogen (secondary N) is 2. The highest BCUT2D eigenvalue weighted by Gasteiger charge is 2.29. The predicted molar refractivity (Wildman–Crippen MR) is 103 cm³/mol. The van der Waals surface area contributed by atoms with Gasteiger partial charge >= 0.3 is 0 Å². The van der Waals surface area contributed by atoms with Gasteiger partial charge in [-0.15, -0.1) is 22.7 Å². The lowest BCUT2D eigenvalue weighted by Crippen LogP contribution is -3.11. The van der Waals surface area contributed by atoms with Crippen molar-refractivity contribution < 1.29 is 4.90 Å². The standard InChI is InChI=1S/C19H21N3OS2/c1-11-12-7-9-24-14(12)6-8-22(11)10-16-20-18(23)17-13-4-2-3-5-15(13)25-19(17)21-16/h7,9,11H,2-6,8,10H2,1H3,(H,20,21,23)/p+1/t11-/m0/s1. The van der Waals surface area contributed by atoms with Crippen molar-refractivity contribution in [2.45, 2.75) is 51.6 Å². The Morgan fingerprint density at radius 2 is 2.16 bits per heavy atom. The summed E-state index contributed by atoms with van der Waals surface area (Å²) in [6.07, 6.45) is 5.71. The monoisotopic (exact) mass is 372 g/mol. The maximum Gasteiger partial charge on any atom is 0.260 e. The number of aromatic amines is 1. The first-order valence-electron chi connectivity index (χ1n) is 9.15. The summed E-state index contributed by atoms with van der Waals surface area (Å²) in [6.45, 7) is 4.20. The highest BCUT2D eigenvalue weighted by Crippen LogP contribution is 2.33. The van der Waals surface area contributed by atoms with Crippen LogP contribution in [0.1, 0.15) is 52.5 Å². The number of thiophene rings is 2. The van der Waals surface area contributed by atoms with Crippen LogP contribution in [0.25, 0.3) is 10.2 Å². The van der Waals surface area contributed by atoms with Crippen molar-refractivity contribution >= 4 is 32.9 Å². The SMILES string of the molecule is C[C@H]1c2ccsc2CC[NH+]1Cc1nc2sc3c(c2c(=O)[nH]1)CCCC3. The van der Waals surface area contributed by atoms with E-state index >= 15 is 0 Å². The third-order valence-electron chi connectivity index (χ3n) is 5.80. The van der Waals surface area contributed by atoms with Gasteiger partial charge in [-0.2, -0.15) is 0 Å². The van der Waals surface area contributed by atoms with Crippen molar-refractivity contribution in [2.75, 3.05) is 6.54 Å². The Kier molecular flexibility index (Phi) is 3.80. The van der Waals surface area contributed by atoms with Crippen molar-refractivity contribution in [1.82, 2.24) is 9.97 Å². The second kappa shape index (κ2) is 6.04. The van der Waals surface area contributed by atoms with E-state index in [2.05, 4.69) is 23.4 Å². The Morgan fingerprint density at radius 3 is 3.08 bits per heavy atom. The van der Waals surface area contributed by atoms with Gasteiger partial charge in [0, 0.05) is 21.7 Å². The number of aromatic nitrogens is 2. The van der Waals surface area contributed by atoms with Gasteiger partial charge in [-0.05, 0) is 49.6 Å². The Bertz CT molecular complexity index is 1000. The van der Waals surface area contributed by atoms with E-state index in [1.165, 1.54) is 38.6 Å². The summed E-state index contributed by atoms with van der Waals surface area (Å²) in [5.41, 5.74) is 2.81. The largest absolute Gasteiger partial charge is 0.322 e. The van der Waals surface area contributed by atoms with Crippen LogP contribution in [0.4, 0.5) is 0 Å². The first-order valence-corrected chi connectivity index (χ1v) is 10.8. The summed E-state index contributed by atoms with van der Waals surface area (Å²) < 4.78 is 0. The summed E-state index contributed by atoms with van der Waals surface area (Å²) in [7, 11) is 0. The molecule has 0 amide bonds.